The van der Waals surface area contributed by atoms with E-state index in [0.29, 0.717) is 31.2 Å². The van der Waals surface area contributed by atoms with Crippen LogP contribution in [-0.4, -0.2) is 64.4 Å². The molecule has 7 heteroatoms. The van der Waals surface area contributed by atoms with Crippen molar-refractivity contribution >= 4 is 17.4 Å². The van der Waals surface area contributed by atoms with Gasteiger partial charge in [-0.05, 0) is 67.4 Å². The first kappa shape index (κ1) is 25.4. The van der Waals surface area contributed by atoms with Gasteiger partial charge in [-0.25, -0.2) is 0 Å². The van der Waals surface area contributed by atoms with Crippen molar-refractivity contribution in [2.75, 3.05) is 32.8 Å². The number of ketones is 1. The first-order valence-corrected chi connectivity index (χ1v) is 11.9. The molecule has 0 aliphatic carbocycles. The summed E-state index contributed by atoms with van der Waals surface area (Å²) in [5.41, 5.74) is 2.17. The van der Waals surface area contributed by atoms with E-state index in [4.69, 9.17) is 4.74 Å². The van der Waals surface area contributed by atoms with Crippen molar-refractivity contribution in [3.05, 3.63) is 65.0 Å². The number of aromatic nitrogens is 1. The van der Waals surface area contributed by atoms with Gasteiger partial charge in [-0.15, -0.1) is 0 Å². The van der Waals surface area contributed by atoms with Crippen LogP contribution in [0.2, 0.25) is 0 Å². The summed E-state index contributed by atoms with van der Waals surface area (Å²) >= 11 is 0. The minimum absolute atomic E-state index is 0.103. The number of nitrogens with zero attached hydrogens (tertiary/aromatic N) is 3. The van der Waals surface area contributed by atoms with Crippen LogP contribution in [0.3, 0.4) is 0 Å². The Morgan fingerprint density at radius 2 is 1.82 bits per heavy atom. The summed E-state index contributed by atoms with van der Waals surface area (Å²) in [6.07, 6.45) is 3.26. The average Bonchev–Trinajstić information content (AvgIpc) is 3.08. The van der Waals surface area contributed by atoms with Gasteiger partial charge in [0.2, 0.25) is 0 Å². The second-order valence-electron chi connectivity index (χ2n) is 8.99. The van der Waals surface area contributed by atoms with Crippen molar-refractivity contribution in [3.63, 3.8) is 0 Å². The van der Waals surface area contributed by atoms with Gasteiger partial charge in [0.15, 0.2) is 0 Å². The van der Waals surface area contributed by atoms with Crippen LogP contribution in [0.15, 0.2) is 48.3 Å². The third kappa shape index (κ3) is 5.47. The number of rotatable bonds is 10. The van der Waals surface area contributed by atoms with Crippen molar-refractivity contribution in [1.82, 2.24) is 14.8 Å². The highest BCUT2D eigenvalue weighted by Crippen LogP contribution is 2.39. The maximum absolute atomic E-state index is 13.2. The number of carbonyl (C=O) groups is 2. The fourth-order valence-corrected chi connectivity index (χ4v) is 4.16. The first-order valence-electron chi connectivity index (χ1n) is 11.9. The van der Waals surface area contributed by atoms with E-state index in [9.17, 15) is 14.7 Å². The van der Waals surface area contributed by atoms with Crippen LogP contribution in [0.4, 0.5) is 0 Å². The molecule has 0 radical (unpaired) electrons. The second kappa shape index (κ2) is 11.3. The number of aryl methyl sites for hydroxylation is 1. The molecule has 1 aliphatic rings. The quantitative estimate of drug-likeness (QED) is 0.322. The Kier molecular flexibility index (Phi) is 8.45. The summed E-state index contributed by atoms with van der Waals surface area (Å²) in [5.74, 6) is -0.319. The van der Waals surface area contributed by atoms with Gasteiger partial charge in [-0.3, -0.25) is 14.6 Å². The van der Waals surface area contributed by atoms with Gasteiger partial charge in [0.25, 0.3) is 11.7 Å². The number of hydrogen-bond acceptors (Lipinski definition) is 6. The normalized spacial score (nSPS) is 17.7. The number of pyridine rings is 1. The predicted molar refractivity (Wildman–Crippen MR) is 133 cm³/mol. The van der Waals surface area contributed by atoms with E-state index < -0.39 is 17.7 Å². The molecule has 0 bridgehead atoms. The Morgan fingerprint density at radius 3 is 2.41 bits per heavy atom. The summed E-state index contributed by atoms with van der Waals surface area (Å²) in [5, 5.41) is 11.3. The third-order valence-electron chi connectivity index (χ3n) is 6.13. The van der Waals surface area contributed by atoms with Gasteiger partial charge in [0.05, 0.1) is 18.2 Å². The molecular weight excluding hydrogens is 430 g/mol. The molecule has 1 aromatic heterocycles. The summed E-state index contributed by atoms with van der Waals surface area (Å²) in [6, 6.07) is 8.20. The number of likely N-dealkylation sites (N-methyl/N-ethyl adjacent to an activating group) is 1. The van der Waals surface area contributed by atoms with Gasteiger partial charge < -0.3 is 19.6 Å². The Hall–Kier alpha value is -3.19. The molecular formula is C27H35N3O4. The molecule has 0 unspecified atom stereocenters. The van der Waals surface area contributed by atoms with Crippen LogP contribution < -0.4 is 4.74 Å². The molecule has 1 N–H and O–H groups in total. The topological polar surface area (TPSA) is 83.0 Å². The zero-order valence-corrected chi connectivity index (χ0v) is 20.7. The SMILES string of the molecule is CCN(CC)CCN1C(=O)C(=O)C(=C(O)c2ccc(OCC(C)C)c(C)c2)[C@H]1c1ccncc1. The monoisotopic (exact) mass is 465 g/mol. The Morgan fingerprint density at radius 1 is 1.15 bits per heavy atom. The molecule has 1 aromatic carbocycles. The van der Waals surface area contributed by atoms with Crippen molar-refractivity contribution in [2.45, 2.75) is 40.7 Å². The molecule has 2 aromatic rings. The van der Waals surface area contributed by atoms with Gasteiger partial charge in [-0.2, -0.15) is 0 Å². The number of benzene rings is 1. The van der Waals surface area contributed by atoms with Crippen LogP contribution in [0, 0.1) is 12.8 Å². The summed E-state index contributed by atoms with van der Waals surface area (Å²) in [6.45, 7) is 13.5. The highest BCUT2D eigenvalue weighted by molar-refractivity contribution is 6.46. The predicted octanol–water partition coefficient (Wildman–Crippen LogP) is 4.19. The lowest BCUT2D eigenvalue weighted by atomic mass is 9.95. The summed E-state index contributed by atoms with van der Waals surface area (Å²) < 4.78 is 5.84. The first-order chi connectivity index (χ1) is 16.3. The lowest BCUT2D eigenvalue weighted by molar-refractivity contribution is -0.140. The molecule has 2 heterocycles. The van der Waals surface area contributed by atoms with Gasteiger partial charge in [-0.1, -0.05) is 27.7 Å². The number of carbonyl (C=O) groups excluding carboxylic acids is 2. The highest BCUT2D eigenvalue weighted by atomic mass is 16.5. The zero-order valence-electron chi connectivity index (χ0n) is 20.7. The van der Waals surface area contributed by atoms with Gasteiger partial charge >= 0.3 is 0 Å². The van der Waals surface area contributed by atoms with Gasteiger partial charge in [0.1, 0.15) is 11.5 Å². The number of Topliss-reactive ketones (excluding diaryl/α,β-unsaturated/α-hetero) is 1. The van der Waals surface area contributed by atoms with Crippen molar-refractivity contribution in [3.8, 4) is 5.75 Å². The van der Waals surface area contributed by atoms with E-state index in [2.05, 4.69) is 37.6 Å². The number of likely N-dealkylation sites (tertiary alicyclic amines) is 1. The minimum atomic E-state index is -0.671. The van der Waals surface area contributed by atoms with Gasteiger partial charge in [0, 0.05) is 31.0 Å². The smallest absolute Gasteiger partial charge is 0.295 e. The lowest BCUT2D eigenvalue weighted by Gasteiger charge is -2.28. The van der Waals surface area contributed by atoms with Crippen molar-refractivity contribution in [2.24, 2.45) is 5.92 Å². The van der Waals surface area contributed by atoms with E-state index in [-0.39, 0.29) is 11.3 Å². The number of hydrogen-bond donors (Lipinski definition) is 1. The third-order valence-corrected chi connectivity index (χ3v) is 6.13. The maximum Gasteiger partial charge on any atom is 0.295 e. The lowest BCUT2D eigenvalue weighted by Crippen LogP contribution is -2.38. The molecule has 0 saturated carbocycles. The molecule has 1 atom stereocenters. The van der Waals surface area contributed by atoms with E-state index >= 15 is 0 Å². The van der Waals surface area contributed by atoms with E-state index in [1.165, 1.54) is 0 Å². The summed E-state index contributed by atoms with van der Waals surface area (Å²) in [7, 11) is 0. The number of ether oxygens (including phenoxy) is 1. The zero-order chi connectivity index (χ0) is 24.8. The van der Waals surface area contributed by atoms with Crippen LogP contribution in [-0.2, 0) is 9.59 Å². The van der Waals surface area contributed by atoms with Crippen LogP contribution >= 0.6 is 0 Å². The molecule has 0 spiro atoms. The molecule has 182 valence electrons. The fourth-order valence-electron chi connectivity index (χ4n) is 4.16. The minimum Gasteiger partial charge on any atom is -0.507 e. The Labute approximate surface area is 202 Å². The Bertz CT molecular complexity index is 1050. The van der Waals surface area contributed by atoms with E-state index in [1.54, 1.807) is 47.6 Å². The molecule has 1 amide bonds. The maximum atomic E-state index is 13.2. The number of aliphatic hydroxyl groups excluding tert-OH is 1. The number of amides is 1. The van der Waals surface area contributed by atoms with Crippen LogP contribution in [0.1, 0.15) is 50.4 Å². The Balaban J connectivity index is 2.02. The molecule has 1 saturated heterocycles. The molecule has 3 rings (SSSR count). The van der Waals surface area contributed by atoms with E-state index in [1.807, 2.05) is 6.92 Å². The molecule has 34 heavy (non-hydrogen) atoms. The van der Waals surface area contributed by atoms with Crippen molar-refractivity contribution < 1.29 is 19.4 Å². The highest BCUT2D eigenvalue weighted by Gasteiger charge is 2.46. The van der Waals surface area contributed by atoms with Crippen LogP contribution in [0.25, 0.3) is 5.76 Å². The van der Waals surface area contributed by atoms with Crippen LogP contribution in [0.5, 0.6) is 5.75 Å². The molecule has 1 aliphatic heterocycles. The standard InChI is InChI=1S/C27H35N3O4/c1-6-29(7-2)14-15-30-24(20-10-12-28-13-11-20)23(26(32)27(30)33)25(31)21-8-9-22(19(5)16-21)34-17-18(3)4/h8-13,16,18,24,31H,6-7,14-15,17H2,1-5H3/t24-/m1/s1. The fraction of sp³-hybridized carbons (Fsp3) is 0.444. The number of aliphatic hydroxyl groups is 1. The summed E-state index contributed by atoms with van der Waals surface area (Å²) in [4.78, 5) is 34.1. The second-order valence-corrected chi connectivity index (χ2v) is 8.99. The van der Waals surface area contributed by atoms with E-state index in [0.717, 1.165) is 30.0 Å². The molecule has 7 nitrogen and oxygen atoms in total. The average molecular weight is 466 g/mol. The molecule has 1 fully saturated rings. The largest absolute Gasteiger partial charge is 0.507 e. The van der Waals surface area contributed by atoms with Crippen molar-refractivity contribution in [1.29, 1.82) is 0 Å².